The molecule has 13 heteroatoms. The van der Waals surface area contributed by atoms with Crippen molar-refractivity contribution < 1.29 is 33.7 Å². The summed E-state index contributed by atoms with van der Waals surface area (Å²) in [7, 11) is -4.83. The summed E-state index contributed by atoms with van der Waals surface area (Å²) in [5.41, 5.74) is -1.26. The van der Waals surface area contributed by atoms with E-state index in [9.17, 15) is 29.6 Å². The van der Waals surface area contributed by atoms with Gasteiger partial charge in [0.2, 0.25) is 0 Å². The number of nitrogens with one attached hydrogen (secondary N) is 1. The molecule has 1 rings (SSSR count). The summed E-state index contributed by atoms with van der Waals surface area (Å²) in [6, 6.07) is 2.58. The molecular formula is C8H8N3O9P. The van der Waals surface area contributed by atoms with Crippen LogP contribution in [0.2, 0.25) is 0 Å². The van der Waals surface area contributed by atoms with Crippen LogP contribution in [0.1, 0.15) is 5.56 Å². The van der Waals surface area contributed by atoms with E-state index in [1.807, 2.05) is 0 Å². The lowest BCUT2D eigenvalue weighted by molar-refractivity contribution is -0.394. The van der Waals surface area contributed by atoms with Crippen molar-refractivity contribution in [1.29, 1.82) is 0 Å². The molecule has 3 N–H and O–H groups in total. The number of rotatable bonds is 5. The van der Waals surface area contributed by atoms with E-state index in [2.05, 4.69) is 4.74 Å². The predicted octanol–water partition coefficient (Wildman–Crippen LogP) is 0.822. The molecule has 1 amide bonds. The molecular weight excluding hydrogens is 313 g/mol. The number of ether oxygens (including phenoxy) is 1. The number of carbonyl (C=O) groups excluding carboxylic acids is 1. The van der Waals surface area contributed by atoms with Gasteiger partial charge in [-0.3, -0.25) is 20.2 Å². The Morgan fingerprint density at radius 1 is 1.19 bits per heavy atom. The van der Waals surface area contributed by atoms with Gasteiger partial charge in [-0.25, -0.2) is 14.4 Å². The minimum atomic E-state index is -4.83. The highest BCUT2D eigenvalue weighted by molar-refractivity contribution is 7.50. The molecule has 0 atom stereocenters. The highest BCUT2D eigenvalue weighted by Gasteiger charge is 2.20. The summed E-state index contributed by atoms with van der Waals surface area (Å²) in [5, 5.41) is 22.4. The third-order valence-corrected chi connectivity index (χ3v) is 2.46. The van der Waals surface area contributed by atoms with Crippen molar-refractivity contribution in [2.24, 2.45) is 0 Å². The van der Waals surface area contributed by atoms with Crippen molar-refractivity contribution in [3.8, 4) is 0 Å². The van der Waals surface area contributed by atoms with Crippen molar-refractivity contribution in [2.45, 2.75) is 6.61 Å². The molecule has 0 fully saturated rings. The summed E-state index contributed by atoms with van der Waals surface area (Å²) >= 11 is 0. The minimum Gasteiger partial charge on any atom is -0.444 e. The minimum absolute atomic E-state index is 0.0863. The Labute approximate surface area is 115 Å². The average molecular weight is 321 g/mol. The van der Waals surface area contributed by atoms with Gasteiger partial charge in [0.1, 0.15) is 6.61 Å². The van der Waals surface area contributed by atoms with Crippen LogP contribution < -0.4 is 5.09 Å². The molecule has 0 heterocycles. The monoisotopic (exact) mass is 321 g/mol. The van der Waals surface area contributed by atoms with Crippen LogP contribution in [0.5, 0.6) is 0 Å². The van der Waals surface area contributed by atoms with Crippen molar-refractivity contribution in [2.75, 3.05) is 0 Å². The van der Waals surface area contributed by atoms with Gasteiger partial charge in [0, 0.05) is 17.7 Å². The maximum absolute atomic E-state index is 11.0. The van der Waals surface area contributed by atoms with E-state index in [4.69, 9.17) is 9.79 Å². The van der Waals surface area contributed by atoms with Crippen LogP contribution in [0.4, 0.5) is 16.2 Å². The maximum atomic E-state index is 11.0. The molecule has 0 aromatic heterocycles. The van der Waals surface area contributed by atoms with Crippen LogP contribution in [-0.4, -0.2) is 25.7 Å². The average Bonchev–Trinajstić information content (AvgIpc) is 2.33. The number of nitrogens with zero attached hydrogens (tertiary/aromatic N) is 2. The molecule has 0 aliphatic rings. The number of non-ortho nitro benzene ring substituents is 2. The normalized spacial score (nSPS) is 10.8. The number of hydrogen-bond acceptors (Lipinski definition) is 7. The van der Waals surface area contributed by atoms with Crippen LogP contribution in [0.3, 0.4) is 0 Å². The van der Waals surface area contributed by atoms with E-state index in [0.717, 1.165) is 18.2 Å². The van der Waals surface area contributed by atoms with Crippen LogP contribution in [0, 0.1) is 20.2 Å². The molecule has 0 bridgehead atoms. The number of amides is 1. The third kappa shape index (κ3) is 5.52. The first-order valence-corrected chi connectivity index (χ1v) is 6.63. The SMILES string of the molecule is O=C(NP(=O)(O)O)OCc1cc([N+](=O)[O-])cc([N+](=O)[O-])c1. The van der Waals surface area contributed by atoms with Gasteiger partial charge < -0.3 is 14.5 Å². The molecule has 0 unspecified atom stereocenters. The summed E-state index contributed by atoms with van der Waals surface area (Å²) in [6.45, 7) is -0.644. The number of nitro groups is 2. The molecule has 0 aliphatic carbocycles. The highest BCUT2D eigenvalue weighted by atomic mass is 31.2. The van der Waals surface area contributed by atoms with Crippen molar-refractivity contribution in [1.82, 2.24) is 5.09 Å². The van der Waals surface area contributed by atoms with E-state index in [-0.39, 0.29) is 5.56 Å². The standard InChI is InChI=1S/C8H8N3O9P/c12-8(9-21(17,18)19)20-4-5-1-6(10(13)14)3-7(2-5)11(15)16/h1-3H,4H2,(H3,9,12,17,18,19). The Bertz CT molecular complexity index is 608. The molecule has 0 spiro atoms. The fourth-order valence-electron chi connectivity index (χ4n) is 1.25. The second-order valence-electron chi connectivity index (χ2n) is 3.60. The molecule has 0 saturated heterocycles. The summed E-state index contributed by atoms with van der Waals surface area (Å²) in [4.78, 5) is 47.3. The molecule has 114 valence electrons. The smallest absolute Gasteiger partial charge is 0.432 e. The predicted molar refractivity (Wildman–Crippen MR) is 65.1 cm³/mol. The first-order valence-electron chi connectivity index (χ1n) is 5.02. The number of nitro benzene ring substituents is 2. The van der Waals surface area contributed by atoms with Crippen molar-refractivity contribution >= 4 is 25.2 Å². The van der Waals surface area contributed by atoms with E-state index in [1.165, 1.54) is 5.09 Å². The van der Waals surface area contributed by atoms with Crippen LogP contribution in [0.25, 0.3) is 0 Å². The first kappa shape index (κ1) is 16.5. The second kappa shape index (κ2) is 6.26. The summed E-state index contributed by atoms with van der Waals surface area (Å²) < 4.78 is 14.8. The van der Waals surface area contributed by atoms with Gasteiger partial charge in [0.15, 0.2) is 0 Å². The van der Waals surface area contributed by atoms with Crippen LogP contribution in [-0.2, 0) is 15.9 Å². The highest BCUT2D eigenvalue weighted by Crippen LogP contribution is 2.28. The fourth-order valence-corrected chi connectivity index (χ4v) is 1.55. The summed E-state index contributed by atoms with van der Waals surface area (Å²) in [6.07, 6.45) is -1.47. The van der Waals surface area contributed by atoms with Crippen LogP contribution in [0.15, 0.2) is 18.2 Å². The zero-order valence-corrected chi connectivity index (χ0v) is 10.9. The third-order valence-electron chi connectivity index (χ3n) is 1.99. The largest absolute Gasteiger partial charge is 0.444 e. The quantitative estimate of drug-likeness (QED) is 0.401. The lowest BCUT2D eigenvalue weighted by atomic mass is 10.2. The lowest BCUT2D eigenvalue weighted by Crippen LogP contribution is -2.20. The van der Waals surface area contributed by atoms with Gasteiger partial charge in [0.05, 0.1) is 15.9 Å². The van der Waals surface area contributed by atoms with Crippen LogP contribution >= 0.6 is 7.75 Å². The molecule has 1 aromatic carbocycles. The molecule has 21 heavy (non-hydrogen) atoms. The lowest BCUT2D eigenvalue weighted by Gasteiger charge is -2.07. The van der Waals surface area contributed by atoms with Gasteiger partial charge in [-0.15, -0.1) is 0 Å². The molecule has 0 saturated carbocycles. The molecule has 0 radical (unpaired) electrons. The molecule has 12 nitrogen and oxygen atoms in total. The zero-order valence-electron chi connectivity index (χ0n) is 10.0. The molecule has 1 aromatic rings. The van der Waals surface area contributed by atoms with Gasteiger partial charge in [-0.1, -0.05) is 0 Å². The van der Waals surface area contributed by atoms with Gasteiger partial charge in [-0.05, 0) is 0 Å². The van der Waals surface area contributed by atoms with E-state index in [0.29, 0.717) is 0 Å². The fraction of sp³-hybridized carbons (Fsp3) is 0.125. The Kier molecular flexibility index (Phi) is 4.92. The zero-order chi connectivity index (χ0) is 16.2. The first-order chi connectivity index (χ1) is 9.58. The Morgan fingerprint density at radius 2 is 1.67 bits per heavy atom. The van der Waals surface area contributed by atoms with Crippen molar-refractivity contribution in [3.05, 3.63) is 44.0 Å². The topological polar surface area (TPSA) is 182 Å². The van der Waals surface area contributed by atoms with Gasteiger partial charge >= 0.3 is 13.8 Å². The Hall–Kier alpha value is -2.56. The van der Waals surface area contributed by atoms with E-state index < -0.39 is 41.7 Å². The second-order valence-corrected chi connectivity index (χ2v) is 4.92. The maximum Gasteiger partial charge on any atom is 0.432 e. The molecule has 0 aliphatic heterocycles. The number of carbonyl (C=O) groups is 1. The van der Waals surface area contributed by atoms with Crippen molar-refractivity contribution in [3.63, 3.8) is 0 Å². The van der Waals surface area contributed by atoms with Gasteiger partial charge in [-0.2, -0.15) is 0 Å². The number of hydrogen-bond donors (Lipinski definition) is 3. The van der Waals surface area contributed by atoms with E-state index >= 15 is 0 Å². The summed E-state index contributed by atoms with van der Waals surface area (Å²) in [5.74, 6) is 0. The number of benzene rings is 1. The van der Waals surface area contributed by atoms with Gasteiger partial charge in [0.25, 0.3) is 11.4 Å². The van der Waals surface area contributed by atoms with E-state index in [1.54, 1.807) is 0 Å². The Morgan fingerprint density at radius 3 is 2.05 bits per heavy atom. The Balaban J connectivity index is 2.88.